The number of hydrazine groups is 1. The highest BCUT2D eigenvalue weighted by Crippen LogP contribution is 2.36. The van der Waals surface area contributed by atoms with Crippen molar-refractivity contribution in [3.8, 4) is 5.75 Å². The number of aliphatic imine (C=N–C) groups is 1. The number of ether oxygens (including phenoxy) is 1. The number of anilines is 1. The van der Waals surface area contributed by atoms with Crippen molar-refractivity contribution >= 4 is 41.0 Å². The second-order valence-electron chi connectivity index (χ2n) is 12.3. The van der Waals surface area contributed by atoms with Crippen LogP contribution in [-0.4, -0.2) is 108 Å². The van der Waals surface area contributed by atoms with E-state index >= 15 is 0 Å². The Bertz CT molecular complexity index is 2010. The average molecular weight is 744 g/mol. The molecule has 16 nitrogen and oxygen atoms in total. The van der Waals surface area contributed by atoms with Crippen molar-refractivity contribution in [2.45, 2.75) is 45.8 Å². The molecule has 2 aromatic heterocycles. The van der Waals surface area contributed by atoms with E-state index in [2.05, 4.69) is 25.8 Å². The zero-order chi connectivity index (χ0) is 36.9. The van der Waals surface area contributed by atoms with Gasteiger partial charge in [-0.1, -0.05) is 18.5 Å². The lowest BCUT2D eigenvalue weighted by molar-refractivity contribution is -0.137. The fourth-order valence-electron chi connectivity index (χ4n) is 6.54. The van der Waals surface area contributed by atoms with Gasteiger partial charge < -0.3 is 29.9 Å². The van der Waals surface area contributed by atoms with E-state index < -0.39 is 35.6 Å². The molecule has 3 aromatic rings. The Balaban J connectivity index is 1.18. The predicted molar refractivity (Wildman–Crippen MR) is 177 cm³/mol. The summed E-state index contributed by atoms with van der Waals surface area (Å²) in [5, 5.41) is 18.4. The van der Waals surface area contributed by atoms with E-state index in [9.17, 15) is 32.7 Å². The van der Waals surface area contributed by atoms with Gasteiger partial charge in [-0.3, -0.25) is 19.1 Å². The lowest BCUT2D eigenvalue weighted by Gasteiger charge is -2.43. The Hall–Kier alpha value is -5.27. The lowest BCUT2D eigenvalue weighted by Crippen LogP contribution is -2.59. The number of fused-ring (bicyclic) bond motifs is 2. The van der Waals surface area contributed by atoms with Crippen LogP contribution in [0.3, 0.4) is 0 Å². The summed E-state index contributed by atoms with van der Waals surface area (Å²) in [6, 6.07) is 2.63. The van der Waals surface area contributed by atoms with Gasteiger partial charge in [0.15, 0.2) is 11.4 Å². The Morgan fingerprint density at radius 3 is 2.63 bits per heavy atom. The van der Waals surface area contributed by atoms with E-state index in [1.807, 2.05) is 16.5 Å². The smallest absolute Gasteiger partial charge is 0.416 e. The molecule has 0 bridgehead atoms. The second-order valence-corrected chi connectivity index (χ2v) is 12.7. The number of halogens is 4. The number of hydrogen-bond donors (Lipinski definition) is 3. The van der Waals surface area contributed by atoms with Gasteiger partial charge in [-0.15, -0.1) is 0 Å². The number of rotatable bonds is 7. The highest BCUT2D eigenvalue weighted by Gasteiger charge is 2.45. The van der Waals surface area contributed by atoms with Crippen molar-refractivity contribution in [1.82, 2.24) is 44.9 Å². The number of amides is 3. The van der Waals surface area contributed by atoms with Crippen molar-refractivity contribution < 1.29 is 37.4 Å². The standard InChI is InChI=1S/C32H33ClF3N11O5/c1-3-22-26(43-6-8-44(9-7-43)29(50)25-27(49)17(2)37-16-38-25)30(51)47-31(41-28(42-47)19-13-39-46-10-11-52-15-23(19)46)45(22)14-24(48)40-21-5-4-18(12-20(21)33)32(34,35)36/h4-5,12-13,16,28,42,49H,3,6-11,14-15H2,1-2H3,(H,40,48). The third kappa shape index (κ3) is 6.39. The van der Waals surface area contributed by atoms with E-state index in [4.69, 9.17) is 21.3 Å². The lowest BCUT2D eigenvalue weighted by atomic mass is 10.1. The number of piperazine rings is 1. The number of benzene rings is 1. The number of carbonyl (C=O) groups excluding carboxylic acids is 3. The molecule has 1 atom stereocenters. The molecule has 20 heteroatoms. The number of alkyl halides is 3. The first-order valence-corrected chi connectivity index (χ1v) is 16.8. The van der Waals surface area contributed by atoms with E-state index in [-0.39, 0.29) is 78.6 Å². The van der Waals surface area contributed by atoms with Gasteiger partial charge in [0, 0.05) is 31.7 Å². The minimum atomic E-state index is -4.62. The van der Waals surface area contributed by atoms with Crippen LogP contribution in [0.2, 0.25) is 5.02 Å². The summed E-state index contributed by atoms with van der Waals surface area (Å²) in [5.41, 5.74) is 4.55. The maximum Gasteiger partial charge on any atom is 0.416 e. The average Bonchev–Trinajstić information content (AvgIpc) is 3.76. The van der Waals surface area contributed by atoms with E-state index in [1.54, 1.807) is 18.0 Å². The molecule has 6 heterocycles. The number of guanidine groups is 1. The Morgan fingerprint density at radius 2 is 1.92 bits per heavy atom. The van der Waals surface area contributed by atoms with Crippen LogP contribution >= 0.6 is 11.6 Å². The first kappa shape index (κ1) is 35.1. The van der Waals surface area contributed by atoms with Crippen molar-refractivity contribution in [2.75, 3.05) is 44.6 Å². The zero-order valence-electron chi connectivity index (χ0n) is 27.9. The van der Waals surface area contributed by atoms with Crippen LogP contribution in [0.25, 0.3) is 0 Å². The summed E-state index contributed by atoms with van der Waals surface area (Å²) < 4.78 is 47.2. The second kappa shape index (κ2) is 13.7. The monoisotopic (exact) mass is 743 g/mol. The van der Waals surface area contributed by atoms with Gasteiger partial charge in [-0.25, -0.2) is 20.0 Å². The van der Waals surface area contributed by atoms with E-state index in [0.29, 0.717) is 31.0 Å². The van der Waals surface area contributed by atoms with Crippen molar-refractivity contribution in [3.05, 3.63) is 75.3 Å². The van der Waals surface area contributed by atoms with Gasteiger partial charge in [-0.05, 0) is 31.5 Å². The molecule has 1 unspecified atom stereocenters. The number of aromatic hydroxyl groups is 1. The fourth-order valence-corrected chi connectivity index (χ4v) is 6.77. The van der Waals surface area contributed by atoms with Gasteiger partial charge >= 0.3 is 6.18 Å². The SMILES string of the molecule is CCC1=C(N2CCN(C(=O)c3ncnc(C)c3O)CC2)C(=O)N2NC(c3cnn4c3COCC4)N=C2N1CC(=O)Nc1ccc(C(F)(F)F)cc1Cl. The molecule has 0 aliphatic carbocycles. The summed E-state index contributed by atoms with van der Waals surface area (Å²) in [6.07, 6.45) is -2.22. The first-order chi connectivity index (χ1) is 24.8. The number of allylic oxidation sites excluding steroid dienone is 1. The third-order valence-corrected chi connectivity index (χ3v) is 9.51. The third-order valence-electron chi connectivity index (χ3n) is 9.20. The summed E-state index contributed by atoms with van der Waals surface area (Å²) in [6.45, 7) is 5.23. The molecule has 3 amide bonds. The van der Waals surface area contributed by atoms with Gasteiger partial charge in [0.2, 0.25) is 11.9 Å². The van der Waals surface area contributed by atoms with Crippen LogP contribution in [0, 0.1) is 6.92 Å². The van der Waals surface area contributed by atoms with Crippen molar-refractivity contribution in [1.29, 1.82) is 0 Å². The molecule has 4 aliphatic heterocycles. The molecule has 0 spiro atoms. The van der Waals surface area contributed by atoms with Crippen LogP contribution in [0.4, 0.5) is 18.9 Å². The van der Waals surface area contributed by atoms with Crippen LogP contribution in [0.5, 0.6) is 5.75 Å². The highest BCUT2D eigenvalue weighted by atomic mass is 35.5. The number of aromatic nitrogens is 4. The predicted octanol–water partition coefficient (Wildman–Crippen LogP) is 2.62. The molecule has 7 rings (SSSR count). The first-order valence-electron chi connectivity index (χ1n) is 16.4. The van der Waals surface area contributed by atoms with Gasteiger partial charge in [0.05, 0.1) is 59.3 Å². The van der Waals surface area contributed by atoms with Gasteiger partial charge in [0.1, 0.15) is 24.7 Å². The fraction of sp³-hybridized carbons (Fsp3) is 0.406. The molecular weight excluding hydrogens is 711 g/mol. The number of aryl methyl sites for hydroxylation is 1. The summed E-state index contributed by atoms with van der Waals surface area (Å²) >= 11 is 6.14. The Morgan fingerprint density at radius 1 is 1.15 bits per heavy atom. The topological polar surface area (TPSA) is 174 Å². The molecule has 1 aromatic carbocycles. The van der Waals surface area contributed by atoms with Crippen LogP contribution in [-0.2, 0) is 33.7 Å². The normalized spacial score (nSPS) is 19.2. The summed E-state index contributed by atoms with van der Waals surface area (Å²) in [5.74, 6) is -1.69. The van der Waals surface area contributed by atoms with E-state index in [0.717, 1.165) is 23.9 Å². The highest BCUT2D eigenvalue weighted by molar-refractivity contribution is 6.33. The maximum atomic E-state index is 14.3. The number of hydrogen-bond acceptors (Lipinski definition) is 12. The minimum Gasteiger partial charge on any atom is -0.504 e. The molecule has 1 fully saturated rings. The Labute approximate surface area is 299 Å². The van der Waals surface area contributed by atoms with Gasteiger partial charge in [-0.2, -0.15) is 23.7 Å². The summed E-state index contributed by atoms with van der Waals surface area (Å²) in [7, 11) is 0. The van der Waals surface area contributed by atoms with Crippen molar-refractivity contribution in [2.24, 2.45) is 4.99 Å². The van der Waals surface area contributed by atoms with Crippen LogP contribution in [0.15, 0.2) is 47.1 Å². The van der Waals surface area contributed by atoms with Crippen LogP contribution < -0.4 is 10.7 Å². The molecule has 1 saturated heterocycles. The largest absolute Gasteiger partial charge is 0.504 e. The minimum absolute atomic E-state index is 0.0200. The molecule has 274 valence electrons. The van der Waals surface area contributed by atoms with Gasteiger partial charge in [0.25, 0.3) is 11.8 Å². The molecule has 52 heavy (non-hydrogen) atoms. The molecule has 3 N–H and O–H groups in total. The number of carbonyl (C=O) groups is 3. The maximum absolute atomic E-state index is 14.3. The zero-order valence-corrected chi connectivity index (χ0v) is 28.7. The summed E-state index contributed by atoms with van der Waals surface area (Å²) in [4.78, 5) is 58.8. The molecule has 0 radical (unpaired) electrons. The Kier molecular flexibility index (Phi) is 9.26. The number of nitrogens with zero attached hydrogens (tertiary/aromatic N) is 9. The van der Waals surface area contributed by atoms with E-state index in [1.165, 1.54) is 16.2 Å². The number of nitrogens with one attached hydrogen (secondary N) is 2. The quantitative estimate of drug-likeness (QED) is 0.325. The van der Waals surface area contributed by atoms with Crippen molar-refractivity contribution in [3.63, 3.8) is 0 Å². The van der Waals surface area contributed by atoms with Crippen LogP contribution in [0.1, 0.15) is 52.5 Å². The molecule has 4 aliphatic rings. The molecular formula is C32H33ClF3N11O5. The molecule has 0 saturated carbocycles.